The van der Waals surface area contributed by atoms with Crippen LogP contribution >= 0.6 is 11.3 Å². The molecule has 0 radical (unpaired) electrons. The van der Waals surface area contributed by atoms with E-state index < -0.39 is 0 Å². The van der Waals surface area contributed by atoms with Gasteiger partial charge in [-0.3, -0.25) is 0 Å². The molecule has 2 nitrogen and oxygen atoms in total. The Bertz CT molecular complexity index is 496. The van der Waals surface area contributed by atoms with Crippen LogP contribution in [-0.4, -0.2) is 30.0 Å². The number of allylic oxidation sites excluding steroid dienone is 1. The third-order valence-electron chi connectivity index (χ3n) is 3.44. The lowest BCUT2D eigenvalue weighted by atomic mass is 9.98. The normalized spacial score (nSPS) is 20.5. The summed E-state index contributed by atoms with van der Waals surface area (Å²) in [5.74, 6) is 7.03. The van der Waals surface area contributed by atoms with Crippen molar-refractivity contribution in [3.63, 3.8) is 0 Å². The van der Waals surface area contributed by atoms with Crippen LogP contribution < -0.4 is 0 Å². The molecule has 1 aromatic rings. The van der Waals surface area contributed by atoms with Crippen molar-refractivity contribution in [1.82, 2.24) is 9.88 Å². The minimum absolute atomic E-state index is 0.651. The van der Waals surface area contributed by atoms with Crippen LogP contribution in [0.25, 0.3) is 6.08 Å². The fourth-order valence-corrected chi connectivity index (χ4v) is 3.44. The molecule has 2 heterocycles. The van der Waals surface area contributed by atoms with Crippen molar-refractivity contribution in [1.29, 1.82) is 0 Å². The highest BCUT2D eigenvalue weighted by molar-refractivity contribution is 7.12. The monoisotopic (exact) mass is 244 g/mol. The van der Waals surface area contributed by atoms with Gasteiger partial charge in [-0.1, -0.05) is 17.9 Å². The molecule has 1 aliphatic carbocycles. The first-order valence-corrected chi connectivity index (χ1v) is 6.99. The molecule has 0 atom stereocenters. The zero-order chi connectivity index (χ0) is 11.7. The van der Waals surface area contributed by atoms with Gasteiger partial charge in [-0.25, -0.2) is 4.98 Å². The largest absolute Gasteiger partial charge is 0.306 e. The molecule has 1 saturated heterocycles. The predicted molar refractivity (Wildman–Crippen MR) is 72.1 cm³/mol. The molecular formula is C14H16N2S. The zero-order valence-electron chi connectivity index (χ0n) is 10.1. The summed E-state index contributed by atoms with van der Waals surface area (Å²) in [6.07, 6.45) is 7.54. The van der Waals surface area contributed by atoms with Crippen LogP contribution in [-0.2, 0) is 0 Å². The van der Waals surface area contributed by atoms with Gasteiger partial charge in [0.1, 0.15) is 4.88 Å². The highest BCUT2D eigenvalue weighted by Gasteiger charge is 2.22. The van der Waals surface area contributed by atoms with E-state index >= 15 is 0 Å². The third-order valence-corrected chi connectivity index (χ3v) is 4.58. The van der Waals surface area contributed by atoms with Gasteiger partial charge in [0.15, 0.2) is 0 Å². The molecule has 3 heteroatoms. The van der Waals surface area contributed by atoms with Gasteiger partial charge < -0.3 is 4.90 Å². The van der Waals surface area contributed by atoms with Crippen molar-refractivity contribution in [2.75, 3.05) is 20.1 Å². The van der Waals surface area contributed by atoms with Crippen LogP contribution in [0.5, 0.6) is 0 Å². The van der Waals surface area contributed by atoms with E-state index in [-0.39, 0.29) is 0 Å². The molecule has 0 saturated carbocycles. The molecule has 0 bridgehead atoms. The van der Waals surface area contributed by atoms with E-state index in [2.05, 4.69) is 35.9 Å². The van der Waals surface area contributed by atoms with Crippen LogP contribution in [0.3, 0.4) is 0 Å². The van der Waals surface area contributed by atoms with Gasteiger partial charge in [0.25, 0.3) is 0 Å². The molecule has 17 heavy (non-hydrogen) atoms. The molecule has 0 aromatic carbocycles. The van der Waals surface area contributed by atoms with Crippen LogP contribution in [0.2, 0.25) is 0 Å². The Hall–Kier alpha value is -1.11. The Morgan fingerprint density at radius 2 is 2.24 bits per heavy atom. The van der Waals surface area contributed by atoms with Crippen molar-refractivity contribution in [2.45, 2.75) is 25.2 Å². The number of hydrogen-bond acceptors (Lipinski definition) is 3. The van der Waals surface area contributed by atoms with Crippen LogP contribution in [0.1, 0.15) is 40.8 Å². The number of aromatic nitrogens is 1. The Morgan fingerprint density at radius 1 is 1.41 bits per heavy atom. The van der Waals surface area contributed by atoms with Gasteiger partial charge in [0, 0.05) is 12.3 Å². The lowest BCUT2D eigenvalue weighted by Crippen LogP contribution is -2.29. The maximum Gasteiger partial charge on any atom is 0.104 e. The van der Waals surface area contributed by atoms with Crippen molar-refractivity contribution >= 4 is 17.4 Å². The maximum atomic E-state index is 4.77. The fraction of sp³-hybridized carbons (Fsp3) is 0.500. The zero-order valence-corrected chi connectivity index (χ0v) is 10.9. The second-order valence-corrected chi connectivity index (χ2v) is 5.78. The van der Waals surface area contributed by atoms with Crippen LogP contribution in [0, 0.1) is 11.8 Å². The molecular weight excluding hydrogens is 228 g/mol. The van der Waals surface area contributed by atoms with E-state index in [1.165, 1.54) is 30.9 Å². The Labute approximate surface area is 106 Å². The SMILES string of the molecule is CN1CCC(c2nc3c(s2)C#CCC=C3)CC1. The number of rotatable bonds is 1. The molecule has 3 rings (SSSR count). The summed E-state index contributed by atoms with van der Waals surface area (Å²) in [4.78, 5) is 8.33. The molecule has 88 valence electrons. The summed E-state index contributed by atoms with van der Waals surface area (Å²) in [7, 11) is 2.20. The number of thiazole rings is 1. The van der Waals surface area contributed by atoms with E-state index in [4.69, 9.17) is 4.98 Å². The summed E-state index contributed by atoms with van der Waals surface area (Å²) in [6, 6.07) is 0. The molecule has 0 amide bonds. The Morgan fingerprint density at radius 3 is 3.06 bits per heavy atom. The van der Waals surface area contributed by atoms with Gasteiger partial charge in [-0.15, -0.1) is 11.3 Å². The summed E-state index contributed by atoms with van der Waals surface area (Å²) in [5.41, 5.74) is 1.09. The van der Waals surface area contributed by atoms with Crippen molar-refractivity contribution in [2.24, 2.45) is 0 Å². The van der Waals surface area contributed by atoms with E-state index in [0.29, 0.717) is 5.92 Å². The van der Waals surface area contributed by atoms with E-state index in [0.717, 1.165) is 17.0 Å². The molecule has 0 N–H and O–H groups in total. The number of hydrogen-bond donors (Lipinski definition) is 0. The highest BCUT2D eigenvalue weighted by Crippen LogP contribution is 2.32. The van der Waals surface area contributed by atoms with Crippen molar-refractivity contribution < 1.29 is 0 Å². The minimum Gasteiger partial charge on any atom is -0.306 e. The highest BCUT2D eigenvalue weighted by atomic mass is 32.1. The van der Waals surface area contributed by atoms with Gasteiger partial charge in [0.05, 0.1) is 10.7 Å². The average Bonchev–Trinajstić information content (AvgIpc) is 2.62. The van der Waals surface area contributed by atoms with E-state index in [9.17, 15) is 0 Å². The second kappa shape index (κ2) is 4.64. The summed E-state index contributed by atoms with van der Waals surface area (Å²) in [5, 5.41) is 1.30. The molecule has 0 unspecified atom stereocenters. The summed E-state index contributed by atoms with van der Waals surface area (Å²) in [6.45, 7) is 2.38. The Balaban J connectivity index is 1.84. The quantitative estimate of drug-likeness (QED) is 0.706. The molecule has 2 aliphatic rings. The van der Waals surface area contributed by atoms with Crippen molar-refractivity contribution in [3.8, 4) is 11.8 Å². The summed E-state index contributed by atoms with van der Waals surface area (Å²) >= 11 is 1.80. The molecule has 1 aromatic heterocycles. The number of fused-ring (bicyclic) bond motifs is 1. The van der Waals surface area contributed by atoms with Gasteiger partial charge >= 0.3 is 0 Å². The first-order valence-electron chi connectivity index (χ1n) is 6.17. The predicted octanol–water partition coefficient (Wildman–Crippen LogP) is 2.72. The number of nitrogens with zero attached hydrogens (tertiary/aromatic N) is 2. The lowest BCUT2D eigenvalue weighted by Gasteiger charge is -2.27. The van der Waals surface area contributed by atoms with Gasteiger partial charge in [-0.2, -0.15) is 0 Å². The topological polar surface area (TPSA) is 16.1 Å². The Kier molecular flexibility index (Phi) is 3.00. The standard InChI is InChI=1S/C14H16N2S/c1-16-9-7-11(8-10-16)14-15-12-5-3-2-4-6-13(12)17-14/h3,5,11H,2,7-10H2,1H3. The molecule has 1 fully saturated rings. The maximum absolute atomic E-state index is 4.77. The molecule has 0 spiro atoms. The van der Waals surface area contributed by atoms with Crippen LogP contribution in [0.4, 0.5) is 0 Å². The fourth-order valence-electron chi connectivity index (χ4n) is 2.34. The lowest BCUT2D eigenvalue weighted by molar-refractivity contribution is 0.255. The first-order chi connectivity index (χ1) is 8.33. The smallest absolute Gasteiger partial charge is 0.104 e. The first kappa shape index (κ1) is 11.0. The van der Waals surface area contributed by atoms with E-state index in [1.807, 2.05) is 0 Å². The number of piperidine rings is 1. The second-order valence-electron chi connectivity index (χ2n) is 4.75. The van der Waals surface area contributed by atoms with Crippen LogP contribution in [0.15, 0.2) is 6.08 Å². The third kappa shape index (κ3) is 2.29. The summed E-state index contributed by atoms with van der Waals surface area (Å²) < 4.78 is 0. The van der Waals surface area contributed by atoms with Gasteiger partial charge in [0.2, 0.25) is 0 Å². The average molecular weight is 244 g/mol. The number of likely N-dealkylation sites (tertiary alicyclic amines) is 1. The van der Waals surface area contributed by atoms with Crippen molar-refractivity contribution in [3.05, 3.63) is 21.7 Å². The van der Waals surface area contributed by atoms with Gasteiger partial charge in [-0.05, 0) is 39.1 Å². The minimum atomic E-state index is 0.651. The molecule has 1 aliphatic heterocycles. The van der Waals surface area contributed by atoms with E-state index in [1.54, 1.807) is 11.3 Å².